The number of carbonyl (C=O) groups excluding carboxylic acids is 1. The van der Waals surface area contributed by atoms with Gasteiger partial charge < -0.3 is 15.0 Å². The van der Waals surface area contributed by atoms with Gasteiger partial charge in [0.05, 0.1) is 19.0 Å². The van der Waals surface area contributed by atoms with E-state index in [1.165, 1.54) is 5.56 Å². The van der Waals surface area contributed by atoms with Gasteiger partial charge in [-0.3, -0.25) is 9.69 Å². The summed E-state index contributed by atoms with van der Waals surface area (Å²) < 4.78 is 5.25. The molecule has 0 bridgehead atoms. The second kappa shape index (κ2) is 10.3. The lowest BCUT2D eigenvalue weighted by molar-refractivity contribution is 0.102. The van der Waals surface area contributed by atoms with Crippen molar-refractivity contribution in [3.05, 3.63) is 83.6 Å². The lowest BCUT2D eigenvalue weighted by Crippen LogP contribution is -2.30. The van der Waals surface area contributed by atoms with Crippen molar-refractivity contribution in [2.75, 3.05) is 43.5 Å². The van der Waals surface area contributed by atoms with E-state index in [1.54, 1.807) is 13.3 Å². The summed E-state index contributed by atoms with van der Waals surface area (Å²) >= 11 is 0. The average molecular weight is 431 g/mol. The van der Waals surface area contributed by atoms with Crippen molar-refractivity contribution in [1.82, 2.24) is 9.88 Å². The summed E-state index contributed by atoms with van der Waals surface area (Å²) in [5, 5.41) is 2.95. The summed E-state index contributed by atoms with van der Waals surface area (Å²) in [7, 11) is 1.69. The van der Waals surface area contributed by atoms with Gasteiger partial charge in [0, 0.05) is 38.3 Å². The highest BCUT2D eigenvalue weighted by Crippen LogP contribution is 2.19. The quantitative estimate of drug-likeness (QED) is 0.630. The number of nitrogens with zero attached hydrogens (tertiary/aromatic N) is 3. The van der Waals surface area contributed by atoms with Crippen molar-refractivity contribution < 1.29 is 9.53 Å². The first kappa shape index (κ1) is 21.8. The molecule has 0 spiro atoms. The van der Waals surface area contributed by atoms with E-state index < -0.39 is 0 Å². The third kappa shape index (κ3) is 5.45. The van der Waals surface area contributed by atoms with Crippen molar-refractivity contribution in [2.45, 2.75) is 19.9 Å². The Morgan fingerprint density at radius 3 is 2.53 bits per heavy atom. The summed E-state index contributed by atoms with van der Waals surface area (Å²) in [6.07, 6.45) is 2.83. The molecule has 0 atom stereocenters. The highest BCUT2D eigenvalue weighted by Gasteiger charge is 2.17. The molecule has 1 aliphatic heterocycles. The molecule has 6 heteroatoms. The van der Waals surface area contributed by atoms with Crippen LogP contribution in [0, 0.1) is 6.92 Å². The average Bonchev–Trinajstić information content (AvgIpc) is 3.06. The number of methoxy groups -OCH3 is 1. The van der Waals surface area contributed by atoms with Gasteiger partial charge in [-0.1, -0.05) is 30.3 Å². The van der Waals surface area contributed by atoms with Crippen LogP contribution >= 0.6 is 0 Å². The Bertz CT molecular complexity index is 1030. The van der Waals surface area contributed by atoms with Crippen molar-refractivity contribution in [2.24, 2.45) is 0 Å². The molecule has 1 N–H and O–H groups in total. The number of amides is 1. The molecule has 2 heterocycles. The van der Waals surface area contributed by atoms with E-state index in [-0.39, 0.29) is 5.91 Å². The molecule has 3 aromatic rings. The van der Waals surface area contributed by atoms with Gasteiger partial charge in [-0.15, -0.1) is 0 Å². The Morgan fingerprint density at radius 1 is 1.00 bits per heavy atom. The minimum Gasteiger partial charge on any atom is -0.497 e. The summed E-state index contributed by atoms with van der Waals surface area (Å²) in [6, 6.07) is 19.8. The first-order chi connectivity index (χ1) is 15.6. The Hall–Kier alpha value is -3.38. The molecule has 1 fully saturated rings. The molecule has 0 unspecified atom stereocenters. The lowest BCUT2D eigenvalue weighted by Gasteiger charge is -2.23. The van der Waals surface area contributed by atoms with Crippen LogP contribution in [0.1, 0.15) is 27.9 Å². The van der Waals surface area contributed by atoms with Crippen molar-refractivity contribution >= 4 is 17.4 Å². The number of carbonyl (C=O) groups is 1. The number of benzene rings is 2. The maximum absolute atomic E-state index is 12.5. The van der Waals surface area contributed by atoms with Crippen LogP contribution in [0.3, 0.4) is 0 Å². The maximum Gasteiger partial charge on any atom is 0.255 e. The number of aryl methyl sites for hydroxylation is 1. The van der Waals surface area contributed by atoms with E-state index in [0.717, 1.165) is 56.3 Å². The first-order valence-corrected chi connectivity index (χ1v) is 11.1. The second-order valence-electron chi connectivity index (χ2n) is 8.14. The molecule has 0 radical (unpaired) electrons. The molecule has 6 nitrogen and oxygen atoms in total. The van der Waals surface area contributed by atoms with Crippen LogP contribution < -0.4 is 15.0 Å². The minimum absolute atomic E-state index is 0.110. The lowest BCUT2D eigenvalue weighted by atomic mass is 10.1. The monoisotopic (exact) mass is 430 g/mol. The van der Waals surface area contributed by atoms with Gasteiger partial charge in [-0.05, 0) is 54.8 Å². The standard InChI is InChI=1S/C26H30N4O2/c1-20-6-3-4-7-24(20)26(31)28-22-10-13-25(27-18-22)30-15-5-14-29(16-17-30)19-21-8-11-23(32-2)12-9-21/h3-4,6-13,18H,5,14-17,19H2,1-2H3,(H,28,31). The zero-order chi connectivity index (χ0) is 22.3. The fraction of sp³-hybridized carbons (Fsp3) is 0.308. The molecule has 1 saturated heterocycles. The van der Waals surface area contributed by atoms with Crippen molar-refractivity contribution in [1.29, 1.82) is 0 Å². The molecule has 1 aromatic heterocycles. The van der Waals surface area contributed by atoms with Gasteiger partial charge in [0.2, 0.25) is 0 Å². The van der Waals surface area contributed by atoms with Crippen LogP contribution in [-0.4, -0.2) is 49.1 Å². The number of ether oxygens (including phenoxy) is 1. The van der Waals surface area contributed by atoms with Crippen molar-refractivity contribution in [3.8, 4) is 5.75 Å². The smallest absolute Gasteiger partial charge is 0.255 e. The van der Waals surface area contributed by atoms with Crippen LogP contribution in [0.4, 0.5) is 11.5 Å². The number of rotatable bonds is 6. The molecule has 0 saturated carbocycles. The molecular weight excluding hydrogens is 400 g/mol. The number of hydrogen-bond donors (Lipinski definition) is 1. The predicted octanol–water partition coefficient (Wildman–Crippen LogP) is 4.36. The summed E-state index contributed by atoms with van der Waals surface area (Å²) in [5.74, 6) is 1.73. The third-order valence-corrected chi connectivity index (χ3v) is 5.87. The summed E-state index contributed by atoms with van der Waals surface area (Å²) in [4.78, 5) is 22.0. The van der Waals surface area contributed by atoms with E-state index in [4.69, 9.17) is 4.74 Å². The molecule has 4 rings (SSSR count). The normalized spacial score (nSPS) is 14.6. The predicted molar refractivity (Wildman–Crippen MR) is 128 cm³/mol. The number of hydrogen-bond acceptors (Lipinski definition) is 5. The molecule has 1 aliphatic rings. The van der Waals surface area contributed by atoms with Gasteiger partial charge in [0.1, 0.15) is 11.6 Å². The summed E-state index contributed by atoms with van der Waals surface area (Å²) in [5.41, 5.74) is 3.64. The van der Waals surface area contributed by atoms with Gasteiger partial charge >= 0.3 is 0 Å². The molecule has 166 valence electrons. The second-order valence-corrected chi connectivity index (χ2v) is 8.14. The topological polar surface area (TPSA) is 57.7 Å². The van der Waals surface area contributed by atoms with Gasteiger partial charge in [0.15, 0.2) is 0 Å². The minimum atomic E-state index is -0.110. The number of pyridine rings is 1. The highest BCUT2D eigenvalue weighted by atomic mass is 16.5. The van der Waals surface area contributed by atoms with Gasteiger partial charge in [-0.25, -0.2) is 4.98 Å². The Labute approximate surface area is 189 Å². The Kier molecular flexibility index (Phi) is 7.02. The van der Waals surface area contributed by atoms with Crippen LogP contribution in [-0.2, 0) is 6.54 Å². The highest BCUT2D eigenvalue weighted by molar-refractivity contribution is 6.05. The fourth-order valence-corrected chi connectivity index (χ4v) is 4.02. The Balaban J connectivity index is 1.33. The van der Waals surface area contributed by atoms with Crippen LogP contribution in [0.25, 0.3) is 0 Å². The summed E-state index contributed by atoms with van der Waals surface area (Å²) in [6.45, 7) is 6.83. The number of anilines is 2. The first-order valence-electron chi connectivity index (χ1n) is 11.1. The van der Waals surface area contributed by atoms with Crippen LogP contribution in [0.2, 0.25) is 0 Å². The molecule has 0 aliphatic carbocycles. The van der Waals surface area contributed by atoms with Crippen LogP contribution in [0.5, 0.6) is 5.75 Å². The van der Waals surface area contributed by atoms with Gasteiger partial charge in [0.25, 0.3) is 5.91 Å². The largest absolute Gasteiger partial charge is 0.497 e. The molecule has 1 amide bonds. The van der Waals surface area contributed by atoms with E-state index >= 15 is 0 Å². The molecule has 2 aromatic carbocycles. The number of aromatic nitrogens is 1. The third-order valence-electron chi connectivity index (χ3n) is 5.87. The van der Waals surface area contributed by atoms with Gasteiger partial charge in [-0.2, -0.15) is 0 Å². The number of nitrogens with one attached hydrogen (secondary N) is 1. The molecular formula is C26H30N4O2. The fourth-order valence-electron chi connectivity index (χ4n) is 4.02. The van der Waals surface area contributed by atoms with E-state index in [1.807, 2.05) is 55.5 Å². The maximum atomic E-state index is 12.5. The van der Waals surface area contributed by atoms with E-state index in [9.17, 15) is 4.79 Å². The van der Waals surface area contributed by atoms with Crippen molar-refractivity contribution in [3.63, 3.8) is 0 Å². The zero-order valence-electron chi connectivity index (χ0n) is 18.8. The zero-order valence-corrected chi connectivity index (χ0v) is 18.8. The Morgan fingerprint density at radius 2 is 1.81 bits per heavy atom. The van der Waals surface area contributed by atoms with Crippen LogP contribution in [0.15, 0.2) is 66.9 Å². The SMILES string of the molecule is COc1ccc(CN2CCCN(c3ccc(NC(=O)c4ccccc4C)cn3)CC2)cc1. The van der Waals surface area contributed by atoms with E-state index in [2.05, 4.69) is 32.2 Å². The molecule has 32 heavy (non-hydrogen) atoms. The van der Waals surface area contributed by atoms with E-state index in [0.29, 0.717) is 11.3 Å².